The number of nitrogens with zero attached hydrogens (tertiary/aromatic N) is 3. The molecule has 1 amide bonds. The molecular formula is C20H21FN4O. The van der Waals surface area contributed by atoms with Crippen LogP contribution in [0.3, 0.4) is 0 Å². The zero-order valence-corrected chi connectivity index (χ0v) is 14.7. The standard InChI is InChI=1S/C20H21FN4O/c1-24-11-8-16-18(24)17(20(26)25-9-3-2-4-10-25)13-22-19(16)23-15-7-5-6-14(21)12-15/h5-8,11-13H,2-4,9-10H2,1H3,(H,22,23). The van der Waals surface area contributed by atoms with Crippen molar-refractivity contribution in [1.29, 1.82) is 0 Å². The number of pyridine rings is 1. The zero-order chi connectivity index (χ0) is 18.1. The molecule has 5 nitrogen and oxygen atoms in total. The average molecular weight is 352 g/mol. The quantitative estimate of drug-likeness (QED) is 0.773. The molecule has 1 saturated heterocycles. The van der Waals surface area contributed by atoms with Gasteiger partial charge >= 0.3 is 0 Å². The lowest BCUT2D eigenvalue weighted by molar-refractivity contribution is 0.0725. The Kier molecular flexibility index (Phi) is 4.32. The van der Waals surface area contributed by atoms with E-state index >= 15 is 0 Å². The second-order valence-electron chi connectivity index (χ2n) is 6.70. The topological polar surface area (TPSA) is 50.2 Å². The smallest absolute Gasteiger partial charge is 0.257 e. The number of anilines is 2. The monoisotopic (exact) mass is 352 g/mol. The van der Waals surface area contributed by atoms with Crippen molar-refractivity contribution in [3.05, 3.63) is 54.1 Å². The molecule has 1 N–H and O–H groups in total. The van der Waals surface area contributed by atoms with E-state index in [1.807, 2.05) is 28.8 Å². The van der Waals surface area contributed by atoms with Crippen molar-refractivity contribution in [2.75, 3.05) is 18.4 Å². The number of carbonyl (C=O) groups excluding carboxylic acids is 1. The largest absolute Gasteiger partial charge is 0.350 e. The summed E-state index contributed by atoms with van der Waals surface area (Å²) >= 11 is 0. The van der Waals surface area contributed by atoms with Gasteiger partial charge in [0.05, 0.1) is 11.1 Å². The summed E-state index contributed by atoms with van der Waals surface area (Å²) in [7, 11) is 1.92. The highest BCUT2D eigenvalue weighted by Gasteiger charge is 2.23. The maximum Gasteiger partial charge on any atom is 0.257 e. The maximum atomic E-state index is 13.4. The van der Waals surface area contributed by atoms with Gasteiger partial charge in [0.1, 0.15) is 11.6 Å². The van der Waals surface area contributed by atoms with Gasteiger partial charge in [0.25, 0.3) is 5.91 Å². The van der Waals surface area contributed by atoms with E-state index in [9.17, 15) is 9.18 Å². The number of amides is 1. The SMILES string of the molecule is Cn1ccc2c(Nc3cccc(F)c3)ncc(C(=O)N3CCCCC3)c21. The summed E-state index contributed by atoms with van der Waals surface area (Å²) in [5.41, 5.74) is 2.08. The van der Waals surface area contributed by atoms with Gasteiger partial charge in [0, 0.05) is 43.6 Å². The molecule has 0 spiro atoms. The molecular weight excluding hydrogens is 331 g/mol. The summed E-state index contributed by atoms with van der Waals surface area (Å²) in [6, 6.07) is 8.18. The second kappa shape index (κ2) is 6.78. The minimum absolute atomic E-state index is 0.0290. The Balaban J connectivity index is 1.73. The molecule has 0 bridgehead atoms. The van der Waals surface area contributed by atoms with Crippen molar-refractivity contribution >= 4 is 28.3 Å². The number of nitrogens with one attached hydrogen (secondary N) is 1. The summed E-state index contributed by atoms with van der Waals surface area (Å²) in [6.07, 6.45) is 6.82. The first-order chi connectivity index (χ1) is 12.6. The predicted molar refractivity (Wildman–Crippen MR) is 100 cm³/mol. The first-order valence-corrected chi connectivity index (χ1v) is 8.89. The van der Waals surface area contributed by atoms with Crippen LogP contribution in [0.5, 0.6) is 0 Å². The third-order valence-electron chi connectivity index (χ3n) is 4.87. The molecule has 6 heteroatoms. The fraction of sp³-hybridized carbons (Fsp3) is 0.300. The van der Waals surface area contributed by atoms with E-state index in [4.69, 9.17) is 0 Å². The van der Waals surface area contributed by atoms with Gasteiger partial charge in [-0.1, -0.05) is 6.07 Å². The van der Waals surface area contributed by atoms with E-state index in [1.54, 1.807) is 18.3 Å². The first-order valence-electron chi connectivity index (χ1n) is 8.89. The van der Waals surface area contributed by atoms with Crippen LogP contribution in [0.4, 0.5) is 15.9 Å². The lowest BCUT2D eigenvalue weighted by Crippen LogP contribution is -2.35. The van der Waals surface area contributed by atoms with Crippen molar-refractivity contribution in [2.45, 2.75) is 19.3 Å². The molecule has 2 aromatic heterocycles. The van der Waals surface area contributed by atoms with Crippen LogP contribution in [0.1, 0.15) is 29.6 Å². The van der Waals surface area contributed by atoms with Gasteiger partial charge in [0.15, 0.2) is 0 Å². The number of halogens is 1. The number of piperidine rings is 1. The third kappa shape index (κ3) is 3.03. The summed E-state index contributed by atoms with van der Waals surface area (Å²) in [4.78, 5) is 19.4. The fourth-order valence-electron chi connectivity index (χ4n) is 3.54. The number of benzene rings is 1. The molecule has 1 aromatic carbocycles. The van der Waals surface area contributed by atoms with E-state index in [2.05, 4.69) is 10.3 Å². The molecule has 26 heavy (non-hydrogen) atoms. The van der Waals surface area contributed by atoms with Gasteiger partial charge in [-0.05, 0) is 43.5 Å². The Morgan fingerprint density at radius 1 is 1.19 bits per heavy atom. The van der Waals surface area contributed by atoms with Crippen LogP contribution in [0.15, 0.2) is 42.7 Å². The van der Waals surface area contributed by atoms with Gasteiger partial charge in [-0.15, -0.1) is 0 Å². The number of fused-ring (bicyclic) bond motifs is 1. The second-order valence-corrected chi connectivity index (χ2v) is 6.70. The van der Waals surface area contributed by atoms with Crippen molar-refractivity contribution in [1.82, 2.24) is 14.5 Å². The highest BCUT2D eigenvalue weighted by atomic mass is 19.1. The number of hydrogen-bond donors (Lipinski definition) is 1. The van der Waals surface area contributed by atoms with E-state index in [0.717, 1.165) is 36.8 Å². The van der Waals surface area contributed by atoms with Crippen LogP contribution >= 0.6 is 0 Å². The number of likely N-dealkylation sites (tertiary alicyclic amines) is 1. The van der Waals surface area contributed by atoms with Crippen LogP contribution in [-0.2, 0) is 7.05 Å². The Labute approximate surface area is 151 Å². The van der Waals surface area contributed by atoms with Gasteiger partial charge in [0.2, 0.25) is 0 Å². The van der Waals surface area contributed by atoms with Crippen LogP contribution in [0.2, 0.25) is 0 Å². The van der Waals surface area contributed by atoms with Crippen molar-refractivity contribution in [3.8, 4) is 0 Å². The molecule has 1 fully saturated rings. The van der Waals surface area contributed by atoms with Gasteiger partial charge < -0.3 is 14.8 Å². The fourth-order valence-corrected chi connectivity index (χ4v) is 3.54. The molecule has 1 aliphatic rings. The van der Waals surface area contributed by atoms with Crippen LogP contribution < -0.4 is 5.32 Å². The number of carbonyl (C=O) groups is 1. The Morgan fingerprint density at radius 3 is 2.77 bits per heavy atom. The minimum atomic E-state index is -0.309. The van der Waals surface area contributed by atoms with Gasteiger partial charge in [-0.2, -0.15) is 0 Å². The van der Waals surface area contributed by atoms with Crippen molar-refractivity contribution in [3.63, 3.8) is 0 Å². The van der Waals surface area contributed by atoms with E-state index in [-0.39, 0.29) is 11.7 Å². The van der Waals surface area contributed by atoms with E-state index in [0.29, 0.717) is 17.1 Å². The molecule has 1 aliphatic heterocycles. The van der Waals surface area contributed by atoms with Crippen molar-refractivity contribution in [2.24, 2.45) is 7.05 Å². The van der Waals surface area contributed by atoms with Crippen molar-refractivity contribution < 1.29 is 9.18 Å². The predicted octanol–water partition coefficient (Wildman–Crippen LogP) is 4.08. The Morgan fingerprint density at radius 2 is 2.00 bits per heavy atom. The summed E-state index contributed by atoms with van der Waals surface area (Å²) < 4.78 is 15.4. The highest BCUT2D eigenvalue weighted by molar-refractivity contribution is 6.08. The molecule has 0 atom stereocenters. The molecule has 0 unspecified atom stereocenters. The van der Waals surface area contributed by atoms with E-state index in [1.165, 1.54) is 18.6 Å². The third-order valence-corrected chi connectivity index (χ3v) is 4.87. The summed E-state index contributed by atoms with van der Waals surface area (Å²) in [5.74, 6) is 0.332. The molecule has 0 radical (unpaired) electrons. The number of aryl methyl sites for hydroxylation is 1. The molecule has 134 valence electrons. The zero-order valence-electron chi connectivity index (χ0n) is 14.7. The van der Waals surface area contributed by atoms with Gasteiger partial charge in [-0.3, -0.25) is 4.79 Å². The normalized spacial score (nSPS) is 14.6. The lowest BCUT2D eigenvalue weighted by Gasteiger charge is -2.27. The lowest BCUT2D eigenvalue weighted by atomic mass is 10.1. The molecule has 3 heterocycles. The van der Waals surface area contributed by atoms with Gasteiger partial charge in [-0.25, -0.2) is 9.37 Å². The van der Waals surface area contributed by atoms with Crippen LogP contribution in [0.25, 0.3) is 10.9 Å². The Hall–Kier alpha value is -2.89. The first kappa shape index (κ1) is 16.6. The highest BCUT2D eigenvalue weighted by Crippen LogP contribution is 2.29. The average Bonchev–Trinajstić information content (AvgIpc) is 3.05. The molecule has 4 rings (SSSR count). The minimum Gasteiger partial charge on any atom is -0.350 e. The van der Waals surface area contributed by atoms with E-state index < -0.39 is 0 Å². The van der Waals surface area contributed by atoms with Crippen LogP contribution in [0, 0.1) is 5.82 Å². The number of hydrogen-bond acceptors (Lipinski definition) is 3. The number of aromatic nitrogens is 2. The maximum absolute atomic E-state index is 13.4. The summed E-state index contributed by atoms with van der Waals surface area (Å²) in [6.45, 7) is 1.60. The molecule has 0 saturated carbocycles. The Bertz CT molecular complexity index is 960. The summed E-state index contributed by atoms with van der Waals surface area (Å²) in [5, 5.41) is 4.00. The van der Waals surface area contributed by atoms with Crippen LogP contribution in [-0.4, -0.2) is 33.4 Å². The number of rotatable bonds is 3. The molecule has 3 aromatic rings. The molecule has 0 aliphatic carbocycles.